The van der Waals surface area contributed by atoms with E-state index in [1.165, 1.54) is 4.90 Å². The molecule has 5 heteroatoms. The third-order valence-electron chi connectivity index (χ3n) is 2.66. The van der Waals surface area contributed by atoms with E-state index in [2.05, 4.69) is 0 Å². The number of benzene rings is 1. The molecule has 0 heterocycles. The number of rotatable bonds is 3. The Bertz CT molecular complexity index is 517. The van der Waals surface area contributed by atoms with Gasteiger partial charge in [0.25, 0.3) is 0 Å². The highest BCUT2D eigenvalue weighted by Gasteiger charge is 2.20. The molecule has 0 bridgehead atoms. The number of hydrogen-bond donors (Lipinski definition) is 1. The number of aryl methyl sites for hydroxylation is 1. The number of amides is 1. The monoisotopic (exact) mass is 279 g/mol. The molecular weight excluding hydrogens is 258 g/mol. The molecule has 0 saturated carbocycles. The minimum Gasteiger partial charge on any atom is -0.478 e. The summed E-state index contributed by atoms with van der Waals surface area (Å²) in [6, 6.07) is 5.13. The van der Waals surface area contributed by atoms with Crippen LogP contribution in [-0.4, -0.2) is 34.7 Å². The third-order valence-corrected chi connectivity index (χ3v) is 2.66. The van der Waals surface area contributed by atoms with E-state index in [1.54, 1.807) is 46.9 Å². The van der Waals surface area contributed by atoms with E-state index in [1.807, 2.05) is 6.07 Å². The van der Waals surface area contributed by atoms with Crippen LogP contribution in [0.3, 0.4) is 0 Å². The van der Waals surface area contributed by atoms with Crippen LogP contribution in [0.2, 0.25) is 0 Å². The minimum atomic E-state index is -0.968. The Morgan fingerprint density at radius 2 is 1.90 bits per heavy atom. The van der Waals surface area contributed by atoms with Gasteiger partial charge in [-0.3, -0.25) is 0 Å². The van der Waals surface area contributed by atoms with Crippen LogP contribution < -0.4 is 0 Å². The largest absolute Gasteiger partial charge is 0.478 e. The first-order valence-electron chi connectivity index (χ1n) is 6.37. The topological polar surface area (TPSA) is 66.8 Å². The van der Waals surface area contributed by atoms with Crippen LogP contribution in [0.25, 0.3) is 0 Å². The minimum absolute atomic E-state index is 0.250. The highest BCUT2D eigenvalue weighted by atomic mass is 16.6. The Kier molecular flexibility index (Phi) is 4.76. The number of carbonyl (C=O) groups is 2. The fraction of sp³-hybridized carbons (Fsp3) is 0.467. The van der Waals surface area contributed by atoms with Crippen molar-refractivity contribution in [2.75, 3.05) is 7.05 Å². The zero-order valence-electron chi connectivity index (χ0n) is 12.6. The van der Waals surface area contributed by atoms with Gasteiger partial charge in [-0.15, -0.1) is 0 Å². The van der Waals surface area contributed by atoms with Crippen molar-refractivity contribution in [1.82, 2.24) is 4.90 Å². The van der Waals surface area contributed by atoms with Crippen molar-refractivity contribution in [3.8, 4) is 0 Å². The number of aromatic carboxylic acids is 1. The van der Waals surface area contributed by atoms with E-state index in [9.17, 15) is 9.59 Å². The second kappa shape index (κ2) is 5.94. The second-order valence-electron chi connectivity index (χ2n) is 5.79. The molecule has 20 heavy (non-hydrogen) atoms. The van der Waals surface area contributed by atoms with Crippen LogP contribution in [0, 0.1) is 6.92 Å². The van der Waals surface area contributed by atoms with Gasteiger partial charge in [0.05, 0.1) is 5.56 Å². The molecule has 0 aliphatic rings. The Labute approximate surface area is 119 Å². The van der Waals surface area contributed by atoms with Gasteiger partial charge in [0.2, 0.25) is 0 Å². The highest BCUT2D eigenvalue weighted by Crippen LogP contribution is 2.15. The summed E-state index contributed by atoms with van der Waals surface area (Å²) in [4.78, 5) is 24.3. The van der Waals surface area contributed by atoms with Crippen LogP contribution in [0.5, 0.6) is 0 Å². The average molecular weight is 279 g/mol. The molecule has 1 aromatic rings. The van der Waals surface area contributed by atoms with E-state index < -0.39 is 17.7 Å². The van der Waals surface area contributed by atoms with Crippen LogP contribution >= 0.6 is 0 Å². The number of carboxylic acid groups (broad SMARTS) is 1. The summed E-state index contributed by atoms with van der Waals surface area (Å²) in [5, 5.41) is 9.08. The van der Waals surface area contributed by atoms with Gasteiger partial charge in [0, 0.05) is 13.6 Å². The first-order valence-corrected chi connectivity index (χ1v) is 6.37. The van der Waals surface area contributed by atoms with Gasteiger partial charge in [-0.2, -0.15) is 0 Å². The summed E-state index contributed by atoms with van der Waals surface area (Å²) in [5.74, 6) is -0.968. The zero-order valence-corrected chi connectivity index (χ0v) is 12.6. The van der Waals surface area contributed by atoms with E-state index >= 15 is 0 Å². The summed E-state index contributed by atoms with van der Waals surface area (Å²) in [6.07, 6.45) is -0.435. The van der Waals surface area contributed by atoms with Gasteiger partial charge in [0.1, 0.15) is 5.60 Å². The van der Waals surface area contributed by atoms with Crippen LogP contribution in [0.15, 0.2) is 18.2 Å². The number of carboxylic acids is 1. The smallest absolute Gasteiger partial charge is 0.410 e. The SMILES string of the molecule is Cc1ccc(CN(C)C(=O)OC(C)(C)C)cc1C(=O)O. The lowest BCUT2D eigenvalue weighted by Crippen LogP contribution is -2.33. The predicted molar refractivity (Wildman–Crippen MR) is 75.8 cm³/mol. The highest BCUT2D eigenvalue weighted by molar-refractivity contribution is 5.89. The van der Waals surface area contributed by atoms with Gasteiger partial charge in [0.15, 0.2) is 0 Å². The van der Waals surface area contributed by atoms with E-state index in [0.29, 0.717) is 12.1 Å². The fourth-order valence-corrected chi connectivity index (χ4v) is 1.68. The summed E-state index contributed by atoms with van der Waals surface area (Å²) in [7, 11) is 1.62. The molecule has 0 saturated heterocycles. The molecule has 0 fully saturated rings. The summed E-state index contributed by atoms with van der Waals surface area (Å²) >= 11 is 0. The Morgan fingerprint density at radius 3 is 2.40 bits per heavy atom. The number of nitrogens with zero attached hydrogens (tertiary/aromatic N) is 1. The number of ether oxygens (including phenoxy) is 1. The standard InChI is InChI=1S/C15H21NO4/c1-10-6-7-11(8-12(10)13(17)18)9-16(5)14(19)20-15(2,3)4/h6-8H,9H2,1-5H3,(H,17,18). The lowest BCUT2D eigenvalue weighted by Gasteiger charge is -2.24. The molecule has 0 spiro atoms. The first kappa shape index (κ1) is 16.0. The quantitative estimate of drug-likeness (QED) is 0.923. The maximum absolute atomic E-state index is 11.8. The first-order chi connectivity index (χ1) is 9.10. The predicted octanol–water partition coefficient (Wildman–Crippen LogP) is 3.06. The van der Waals surface area contributed by atoms with Crippen molar-refractivity contribution in [3.63, 3.8) is 0 Å². The second-order valence-corrected chi connectivity index (χ2v) is 5.79. The summed E-state index contributed by atoms with van der Waals surface area (Å²) in [5.41, 5.74) is 1.15. The van der Waals surface area contributed by atoms with Crippen molar-refractivity contribution in [1.29, 1.82) is 0 Å². The molecule has 1 rings (SSSR count). The van der Waals surface area contributed by atoms with Gasteiger partial charge in [-0.1, -0.05) is 12.1 Å². The van der Waals surface area contributed by atoms with Crippen molar-refractivity contribution >= 4 is 12.1 Å². The van der Waals surface area contributed by atoms with E-state index in [4.69, 9.17) is 9.84 Å². The summed E-state index contributed by atoms with van der Waals surface area (Å²) in [6.45, 7) is 7.44. The Morgan fingerprint density at radius 1 is 1.30 bits per heavy atom. The Balaban J connectivity index is 2.81. The molecule has 1 N–H and O–H groups in total. The van der Waals surface area contributed by atoms with Crippen molar-refractivity contribution in [2.45, 2.75) is 39.8 Å². The van der Waals surface area contributed by atoms with Crippen molar-refractivity contribution in [3.05, 3.63) is 34.9 Å². The van der Waals surface area contributed by atoms with E-state index in [-0.39, 0.29) is 5.56 Å². The van der Waals surface area contributed by atoms with Crippen LogP contribution in [-0.2, 0) is 11.3 Å². The van der Waals surface area contributed by atoms with Crippen molar-refractivity contribution in [2.24, 2.45) is 0 Å². The molecule has 0 aliphatic carbocycles. The molecule has 1 aromatic carbocycles. The molecule has 0 atom stereocenters. The molecule has 0 aliphatic heterocycles. The normalized spacial score (nSPS) is 11.1. The summed E-state index contributed by atoms with van der Waals surface area (Å²) < 4.78 is 5.24. The van der Waals surface area contributed by atoms with Gasteiger partial charge < -0.3 is 14.7 Å². The van der Waals surface area contributed by atoms with Crippen LogP contribution in [0.1, 0.15) is 42.3 Å². The van der Waals surface area contributed by atoms with Gasteiger partial charge in [-0.05, 0) is 44.9 Å². The molecule has 0 radical (unpaired) electrons. The lowest BCUT2D eigenvalue weighted by atomic mass is 10.0. The van der Waals surface area contributed by atoms with Gasteiger partial charge >= 0.3 is 12.1 Å². The van der Waals surface area contributed by atoms with E-state index in [0.717, 1.165) is 5.56 Å². The maximum atomic E-state index is 11.8. The lowest BCUT2D eigenvalue weighted by molar-refractivity contribution is 0.0285. The molecular formula is C15H21NO4. The fourth-order valence-electron chi connectivity index (χ4n) is 1.68. The molecule has 5 nitrogen and oxygen atoms in total. The Hall–Kier alpha value is -2.04. The maximum Gasteiger partial charge on any atom is 0.410 e. The van der Waals surface area contributed by atoms with Crippen LogP contribution in [0.4, 0.5) is 4.79 Å². The number of carbonyl (C=O) groups excluding carboxylic acids is 1. The zero-order chi connectivity index (χ0) is 15.5. The number of hydrogen-bond acceptors (Lipinski definition) is 3. The third kappa shape index (κ3) is 4.57. The average Bonchev–Trinajstić information content (AvgIpc) is 2.28. The molecule has 0 aromatic heterocycles. The molecule has 110 valence electrons. The van der Waals surface area contributed by atoms with Gasteiger partial charge in [-0.25, -0.2) is 9.59 Å². The van der Waals surface area contributed by atoms with Crippen molar-refractivity contribution < 1.29 is 19.4 Å². The molecule has 0 unspecified atom stereocenters. The molecule has 1 amide bonds.